The van der Waals surface area contributed by atoms with Crippen LogP contribution >= 0.6 is 0 Å². The molecule has 0 aromatic heterocycles. The minimum atomic E-state index is -0.925. The Labute approximate surface area is 337 Å². The molecule has 0 aliphatic heterocycles. The van der Waals surface area contributed by atoms with E-state index in [-0.39, 0.29) is 18.9 Å². The van der Waals surface area contributed by atoms with Crippen LogP contribution in [0.5, 0.6) is 0 Å². The highest BCUT2D eigenvalue weighted by atomic mass is 16.3. The van der Waals surface area contributed by atoms with Crippen LogP contribution in [0, 0.1) is 0 Å². The van der Waals surface area contributed by atoms with E-state index in [0.29, 0.717) is 6.42 Å². The van der Waals surface area contributed by atoms with Crippen LogP contribution in [0.3, 0.4) is 0 Å². The van der Waals surface area contributed by atoms with Crippen molar-refractivity contribution in [3.05, 3.63) is 24.3 Å². The van der Waals surface area contributed by atoms with Crippen molar-refractivity contribution in [2.45, 2.75) is 276 Å². The summed E-state index contributed by atoms with van der Waals surface area (Å²) >= 11 is 0. The molecular weight excluding hydrogens is 667 g/mol. The lowest BCUT2D eigenvalue weighted by Crippen LogP contribution is -2.45. The average Bonchev–Trinajstić information content (AvgIpc) is 3.16. The summed E-state index contributed by atoms with van der Waals surface area (Å²) in [6, 6.07) is -0.741. The Hall–Kier alpha value is -1.17. The number of nitrogens with one attached hydrogen (secondary N) is 1. The predicted molar refractivity (Wildman–Crippen MR) is 236 cm³/mol. The van der Waals surface area contributed by atoms with Crippen LogP contribution in [-0.4, -0.2) is 46.1 Å². The molecule has 5 nitrogen and oxygen atoms in total. The van der Waals surface area contributed by atoms with Crippen molar-refractivity contribution in [1.29, 1.82) is 0 Å². The molecular formula is C49H95NO4. The number of hydrogen-bond acceptors (Lipinski definition) is 4. The van der Waals surface area contributed by atoms with Crippen LogP contribution < -0.4 is 5.32 Å². The molecule has 0 aliphatic rings. The summed E-state index contributed by atoms with van der Waals surface area (Å²) in [5.41, 5.74) is 0. The van der Waals surface area contributed by atoms with Gasteiger partial charge in [-0.1, -0.05) is 231 Å². The van der Waals surface area contributed by atoms with Gasteiger partial charge in [0.15, 0.2) is 0 Å². The smallest absolute Gasteiger partial charge is 0.222 e. The molecule has 3 atom stereocenters. The van der Waals surface area contributed by atoms with Crippen molar-refractivity contribution in [2.24, 2.45) is 0 Å². The normalized spacial score (nSPS) is 13.6. The number of unbranched alkanes of at least 4 members (excludes halogenated alkanes) is 33. The van der Waals surface area contributed by atoms with Crippen LogP contribution in [0.25, 0.3) is 0 Å². The third-order valence-electron chi connectivity index (χ3n) is 11.2. The Balaban J connectivity index is 3.53. The van der Waals surface area contributed by atoms with E-state index in [9.17, 15) is 20.1 Å². The largest absolute Gasteiger partial charge is 0.394 e. The van der Waals surface area contributed by atoms with E-state index in [1.54, 1.807) is 6.08 Å². The van der Waals surface area contributed by atoms with Gasteiger partial charge in [0.2, 0.25) is 5.91 Å². The molecule has 0 rings (SSSR count). The van der Waals surface area contributed by atoms with Crippen molar-refractivity contribution < 1.29 is 20.1 Å². The van der Waals surface area contributed by atoms with E-state index in [4.69, 9.17) is 0 Å². The molecule has 0 aliphatic carbocycles. The molecule has 1 amide bonds. The molecule has 0 spiro atoms. The van der Waals surface area contributed by atoms with Crippen LogP contribution in [0.15, 0.2) is 24.3 Å². The number of amides is 1. The quantitative estimate of drug-likeness (QED) is 0.0368. The van der Waals surface area contributed by atoms with Crippen molar-refractivity contribution in [3.63, 3.8) is 0 Å². The highest BCUT2D eigenvalue weighted by molar-refractivity contribution is 5.76. The molecule has 0 saturated carbocycles. The summed E-state index contributed by atoms with van der Waals surface area (Å²) in [5, 5.41) is 33.2. The fourth-order valence-electron chi connectivity index (χ4n) is 7.51. The molecule has 0 saturated heterocycles. The Bertz CT molecular complexity index is 799. The second-order valence-corrected chi connectivity index (χ2v) is 16.7. The number of allylic oxidation sites excluding steroid dienone is 3. The summed E-state index contributed by atoms with van der Waals surface area (Å²) in [6.45, 7) is 4.21. The van der Waals surface area contributed by atoms with Gasteiger partial charge in [-0.15, -0.1) is 0 Å². The Morgan fingerprint density at radius 3 is 1.13 bits per heavy atom. The minimum absolute atomic E-state index is 0.0155. The van der Waals surface area contributed by atoms with Crippen molar-refractivity contribution in [3.8, 4) is 0 Å². The molecule has 3 unspecified atom stereocenters. The van der Waals surface area contributed by atoms with Crippen molar-refractivity contribution in [1.82, 2.24) is 5.32 Å². The zero-order valence-electron chi connectivity index (χ0n) is 36.4. The lowest BCUT2D eigenvalue weighted by Gasteiger charge is -2.21. The second kappa shape index (κ2) is 44.5. The van der Waals surface area contributed by atoms with Crippen LogP contribution in [0.1, 0.15) is 258 Å². The van der Waals surface area contributed by atoms with Crippen LogP contribution in [-0.2, 0) is 4.79 Å². The number of hydrogen-bond donors (Lipinski definition) is 4. The Morgan fingerprint density at radius 1 is 0.463 bits per heavy atom. The molecule has 5 heteroatoms. The fourth-order valence-corrected chi connectivity index (χ4v) is 7.51. The summed E-state index contributed by atoms with van der Waals surface area (Å²) in [5.74, 6) is -0.315. The lowest BCUT2D eigenvalue weighted by atomic mass is 10.0. The molecule has 54 heavy (non-hydrogen) atoms. The van der Waals surface area contributed by atoms with Crippen LogP contribution in [0.2, 0.25) is 0 Å². The predicted octanol–water partition coefficient (Wildman–Crippen LogP) is 14.2. The van der Waals surface area contributed by atoms with E-state index in [2.05, 4.69) is 31.3 Å². The van der Waals surface area contributed by atoms with Gasteiger partial charge in [-0.3, -0.25) is 4.79 Å². The van der Waals surface area contributed by atoms with Gasteiger partial charge in [-0.25, -0.2) is 0 Å². The Kier molecular flexibility index (Phi) is 43.6. The van der Waals surface area contributed by atoms with Gasteiger partial charge < -0.3 is 20.6 Å². The van der Waals surface area contributed by atoms with E-state index in [1.807, 2.05) is 6.08 Å². The highest BCUT2D eigenvalue weighted by Gasteiger charge is 2.20. The summed E-state index contributed by atoms with van der Waals surface area (Å²) in [7, 11) is 0. The fraction of sp³-hybridized carbons (Fsp3) is 0.898. The van der Waals surface area contributed by atoms with Gasteiger partial charge in [-0.05, 0) is 44.9 Å². The monoisotopic (exact) mass is 762 g/mol. The summed E-state index contributed by atoms with van der Waals surface area (Å²) in [4.78, 5) is 12.4. The molecule has 0 heterocycles. The van der Waals surface area contributed by atoms with Gasteiger partial charge >= 0.3 is 0 Å². The maximum Gasteiger partial charge on any atom is 0.222 e. The Morgan fingerprint density at radius 2 is 0.778 bits per heavy atom. The molecule has 0 fully saturated rings. The van der Waals surface area contributed by atoms with Gasteiger partial charge in [0, 0.05) is 0 Å². The third kappa shape index (κ3) is 40.5. The van der Waals surface area contributed by atoms with Crippen molar-refractivity contribution in [2.75, 3.05) is 6.61 Å². The number of rotatable bonds is 44. The number of aliphatic hydroxyl groups excluding tert-OH is 3. The molecule has 0 aromatic rings. The molecule has 0 bridgehead atoms. The van der Waals surface area contributed by atoms with E-state index in [0.717, 1.165) is 25.7 Å². The van der Waals surface area contributed by atoms with Crippen molar-refractivity contribution >= 4 is 5.91 Å². The zero-order chi connectivity index (χ0) is 39.4. The van der Waals surface area contributed by atoms with E-state index >= 15 is 0 Å². The topological polar surface area (TPSA) is 89.8 Å². The van der Waals surface area contributed by atoms with Gasteiger partial charge in [0.1, 0.15) is 0 Å². The van der Waals surface area contributed by atoms with Gasteiger partial charge in [0.25, 0.3) is 0 Å². The molecule has 0 aromatic carbocycles. The van der Waals surface area contributed by atoms with Gasteiger partial charge in [-0.2, -0.15) is 0 Å². The maximum absolute atomic E-state index is 12.4. The highest BCUT2D eigenvalue weighted by Crippen LogP contribution is 2.16. The number of carbonyl (C=O) groups is 1. The SMILES string of the molecule is CCCCCCCCCCC/C=C/C(O)C(CO)NC(=O)CC(O)CCCCCCCCCCCCCC/C=C\CCCCCCCCCCCCCC. The molecule has 4 N–H and O–H groups in total. The second-order valence-electron chi connectivity index (χ2n) is 16.7. The summed E-state index contributed by atoms with van der Waals surface area (Å²) in [6.07, 6.45) is 54.9. The van der Waals surface area contributed by atoms with Gasteiger partial charge in [0.05, 0.1) is 31.3 Å². The third-order valence-corrected chi connectivity index (χ3v) is 11.2. The first-order chi connectivity index (χ1) is 26.5. The van der Waals surface area contributed by atoms with E-state index < -0.39 is 18.2 Å². The standard InChI is InChI=1S/C49H95NO4/c1-3-5-7-9-11-13-15-16-17-18-19-20-21-22-23-24-25-26-27-28-29-30-31-33-34-36-38-40-42-46(52)44-49(54)50-47(45-51)48(53)43-41-39-37-35-32-14-12-10-8-6-4-2/h22-23,41,43,46-48,51-53H,3-21,24-40,42,44-45H2,1-2H3,(H,50,54)/b23-22-,43-41+. The number of carbonyl (C=O) groups excluding carboxylic acids is 1. The zero-order valence-corrected chi connectivity index (χ0v) is 36.4. The first-order valence-corrected chi connectivity index (χ1v) is 24.1. The first kappa shape index (κ1) is 52.8. The molecule has 320 valence electrons. The minimum Gasteiger partial charge on any atom is -0.394 e. The van der Waals surface area contributed by atoms with Crippen LogP contribution in [0.4, 0.5) is 0 Å². The maximum atomic E-state index is 12.4. The number of aliphatic hydroxyl groups is 3. The first-order valence-electron chi connectivity index (χ1n) is 24.1. The van der Waals surface area contributed by atoms with E-state index in [1.165, 1.54) is 205 Å². The summed E-state index contributed by atoms with van der Waals surface area (Å²) < 4.78 is 0. The average molecular weight is 762 g/mol. The molecule has 0 radical (unpaired) electrons. The lowest BCUT2D eigenvalue weighted by molar-refractivity contribution is -0.124.